The fourth-order valence-electron chi connectivity index (χ4n) is 3.04. The smallest absolute Gasteiger partial charge is 0.0436 e. The first-order valence-electron chi connectivity index (χ1n) is 5.77. The van der Waals surface area contributed by atoms with E-state index in [0.717, 1.165) is 18.8 Å². The molecule has 0 saturated heterocycles. The van der Waals surface area contributed by atoms with Crippen molar-refractivity contribution in [3.63, 3.8) is 0 Å². The summed E-state index contributed by atoms with van der Waals surface area (Å²) in [6, 6.07) is 0. The van der Waals surface area contributed by atoms with E-state index in [4.69, 9.17) is 0 Å². The molecule has 0 aromatic heterocycles. The molecule has 1 aliphatic carbocycles. The first-order valence-corrected chi connectivity index (χ1v) is 5.77. The van der Waals surface area contributed by atoms with Gasteiger partial charge < -0.3 is 5.11 Å². The average molecular weight is 196 g/mol. The highest BCUT2D eigenvalue weighted by molar-refractivity contribution is 5.07. The molecule has 2 atom stereocenters. The average Bonchev–Trinajstić information content (AvgIpc) is 2.02. The molecule has 82 valence electrons. The maximum Gasteiger partial charge on any atom is 0.0436 e. The van der Waals surface area contributed by atoms with Gasteiger partial charge in [-0.15, -0.1) is 0 Å². The lowest BCUT2D eigenvalue weighted by atomic mass is 9.61. The van der Waals surface area contributed by atoms with Gasteiger partial charge in [-0.1, -0.05) is 32.9 Å². The van der Waals surface area contributed by atoms with E-state index in [0.29, 0.717) is 17.9 Å². The summed E-state index contributed by atoms with van der Waals surface area (Å²) in [5.41, 5.74) is 1.70. The van der Waals surface area contributed by atoms with E-state index < -0.39 is 0 Å². The molecule has 1 saturated carbocycles. The van der Waals surface area contributed by atoms with Crippen LogP contribution in [0.1, 0.15) is 46.5 Å². The second kappa shape index (κ2) is 4.48. The molecule has 0 radical (unpaired) electrons. The Morgan fingerprint density at radius 3 is 2.64 bits per heavy atom. The standard InChI is InChI=1S/C13H24O/c1-10(2)13(5-6-14)8-11(3)7-12(4)9-13/h10,12,14H,3,5-9H2,1-2,4H3. The third kappa shape index (κ3) is 2.38. The number of rotatable bonds is 3. The molecule has 0 heterocycles. The Bertz CT molecular complexity index is 207. The molecule has 0 aromatic rings. The van der Waals surface area contributed by atoms with Crippen molar-refractivity contribution in [1.82, 2.24) is 0 Å². The zero-order valence-corrected chi connectivity index (χ0v) is 9.84. The van der Waals surface area contributed by atoms with Gasteiger partial charge in [0.05, 0.1) is 0 Å². The van der Waals surface area contributed by atoms with Crippen LogP contribution < -0.4 is 0 Å². The van der Waals surface area contributed by atoms with Crippen molar-refractivity contribution in [2.24, 2.45) is 17.3 Å². The molecule has 1 N–H and O–H groups in total. The Morgan fingerprint density at radius 2 is 2.21 bits per heavy atom. The summed E-state index contributed by atoms with van der Waals surface area (Å²) >= 11 is 0. The minimum atomic E-state index is 0.318. The SMILES string of the molecule is C=C1CC(C)CC(CCO)(C(C)C)C1. The maximum atomic E-state index is 9.18. The van der Waals surface area contributed by atoms with Crippen LogP contribution >= 0.6 is 0 Å². The molecule has 14 heavy (non-hydrogen) atoms. The van der Waals surface area contributed by atoms with Gasteiger partial charge in [0.25, 0.3) is 0 Å². The van der Waals surface area contributed by atoms with E-state index in [9.17, 15) is 5.11 Å². The first-order chi connectivity index (χ1) is 6.50. The molecule has 2 unspecified atom stereocenters. The number of hydrogen-bond acceptors (Lipinski definition) is 1. The fourth-order valence-corrected chi connectivity index (χ4v) is 3.04. The topological polar surface area (TPSA) is 20.2 Å². The zero-order valence-electron chi connectivity index (χ0n) is 9.84. The summed E-state index contributed by atoms with van der Waals surface area (Å²) in [5, 5.41) is 9.18. The molecular formula is C13H24O. The van der Waals surface area contributed by atoms with Gasteiger partial charge in [0.15, 0.2) is 0 Å². The van der Waals surface area contributed by atoms with Crippen molar-refractivity contribution in [2.45, 2.75) is 46.5 Å². The van der Waals surface area contributed by atoms with E-state index in [1.165, 1.54) is 18.4 Å². The highest BCUT2D eigenvalue weighted by Crippen LogP contribution is 2.48. The van der Waals surface area contributed by atoms with Crippen LogP contribution in [0.2, 0.25) is 0 Å². The maximum absolute atomic E-state index is 9.18. The van der Waals surface area contributed by atoms with Crippen molar-refractivity contribution in [1.29, 1.82) is 0 Å². The van der Waals surface area contributed by atoms with Gasteiger partial charge in [-0.25, -0.2) is 0 Å². The molecule has 1 heteroatoms. The predicted octanol–water partition coefficient (Wildman–Crippen LogP) is 3.39. The molecule has 0 aromatic carbocycles. The predicted molar refractivity (Wildman–Crippen MR) is 61.1 cm³/mol. The molecular weight excluding hydrogens is 172 g/mol. The Kier molecular flexibility index (Phi) is 3.77. The van der Waals surface area contributed by atoms with Crippen molar-refractivity contribution in [3.8, 4) is 0 Å². The van der Waals surface area contributed by atoms with Gasteiger partial charge >= 0.3 is 0 Å². The van der Waals surface area contributed by atoms with E-state index in [1.807, 2.05) is 0 Å². The summed E-state index contributed by atoms with van der Waals surface area (Å²) in [6.45, 7) is 11.3. The normalized spacial score (nSPS) is 33.8. The third-order valence-corrected chi connectivity index (χ3v) is 3.83. The van der Waals surface area contributed by atoms with Crippen LogP contribution in [-0.4, -0.2) is 11.7 Å². The van der Waals surface area contributed by atoms with Gasteiger partial charge in [0.1, 0.15) is 0 Å². The molecule has 0 amide bonds. The Labute approximate surface area is 88.2 Å². The first kappa shape index (κ1) is 11.8. The lowest BCUT2D eigenvalue weighted by molar-refractivity contribution is 0.0766. The van der Waals surface area contributed by atoms with Gasteiger partial charge in [0.2, 0.25) is 0 Å². The number of allylic oxidation sites excluding steroid dienone is 1. The highest BCUT2D eigenvalue weighted by atomic mass is 16.3. The minimum Gasteiger partial charge on any atom is -0.396 e. The summed E-state index contributed by atoms with van der Waals surface area (Å²) in [7, 11) is 0. The number of hydrogen-bond donors (Lipinski definition) is 1. The molecule has 0 spiro atoms. The van der Waals surface area contributed by atoms with Gasteiger partial charge in [-0.2, -0.15) is 0 Å². The van der Waals surface area contributed by atoms with Crippen molar-refractivity contribution >= 4 is 0 Å². The van der Waals surface area contributed by atoms with Crippen LogP contribution in [-0.2, 0) is 0 Å². The molecule has 1 nitrogen and oxygen atoms in total. The van der Waals surface area contributed by atoms with Crippen LogP contribution in [0.5, 0.6) is 0 Å². The van der Waals surface area contributed by atoms with Gasteiger partial charge in [-0.3, -0.25) is 0 Å². The highest BCUT2D eigenvalue weighted by Gasteiger charge is 2.38. The molecule has 0 aliphatic heterocycles. The van der Waals surface area contributed by atoms with Gasteiger partial charge in [0, 0.05) is 6.61 Å². The van der Waals surface area contributed by atoms with Crippen molar-refractivity contribution in [3.05, 3.63) is 12.2 Å². The Balaban J connectivity index is 2.79. The van der Waals surface area contributed by atoms with E-state index in [-0.39, 0.29) is 0 Å². The monoisotopic (exact) mass is 196 g/mol. The zero-order chi connectivity index (χ0) is 10.8. The summed E-state index contributed by atoms with van der Waals surface area (Å²) < 4.78 is 0. The van der Waals surface area contributed by atoms with Crippen LogP contribution in [0.4, 0.5) is 0 Å². The lowest BCUT2D eigenvalue weighted by Crippen LogP contribution is -2.34. The summed E-state index contributed by atoms with van der Waals surface area (Å²) in [6.07, 6.45) is 4.49. The quantitative estimate of drug-likeness (QED) is 0.686. The fraction of sp³-hybridized carbons (Fsp3) is 0.846. The van der Waals surface area contributed by atoms with Crippen LogP contribution in [0.3, 0.4) is 0 Å². The second-order valence-corrected chi connectivity index (χ2v) is 5.43. The lowest BCUT2D eigenvalue weighted by Gasteiger charge is -2.44. The van der Waals surface area contributed by atoms with Gasteiger partial charge in [-0.05, 0) is 42.9 Å². The molecule has 1 fully saturated rings. The number of aliphatic hydroxyl groups excluding tert-OH is 1. The van der Waals surface area contributed by atoms with Crippen LogP contribution in [0.15, 0.2) is 12.2 Å². The summed E-state index contributed by atoms with van der Waals surface area (Å²) in [4.78, 5) is 0. The molecule has 1 rings (SSSR count). The van der Waals surface area contributed by atoms with Crippen LogP contribution in [0.25, 0.3) is 0 Å². The third-order valence-electron chi connectivity index (χ3n) is 3.83. The van der Waals surface area contributed by atoms with E-state index >= 15 is 0 Å². The van der Waals surface area contributed by atoms with E-state index in [2.05, 4.69) is 27.4 Å². The number of aliphatic hydroxyl groups is 1. The van der Waals surface area contributed by atoms with Crippen molar-refractivity contribution < 1.29 is 5.11 Å². The largest absolute Gasteiger partial charge is 0.396 e. The Morgan fingerprint density at radius 1 is 1.57 bits per heavy atom. The van der Waals surface area contributed by atoms with Crippen molar-refractivity contribution in [2.75, 3.05) is 6.61 Å². The second-order valence-electron chi connectivity index (χ2n) is 5.43. The molecule has 0 bridgehead atoms. The van der Waals surface area contributed by atoms with Crippen LogP contribution in [0, 0.1) is 17.3 Å². The summed E-state index contributed by atoms with van der Waals surface area (Å²) in [5.74, 6) is 1.39. The Hall–Kier alpha value is -0.300. The molecule has 1 aliphatic rings. The minimum absolute atomic E-state index is 0.318. The van der Waals surface area contributed by atoms with E-state index in [1.54, 1.807) is 0 Å².